The van der Waals surface area contributed by atoms with Crippen LogP contribution in [0.4, 0.5) is 5.82 Å². The molecule has 1 aromatic rings. The Labute approximate surface area is 124 Å². The van der Waals surface area contributed by atoms with Crippen LogP contribution in [0.15, 0.2) is 12.4 Å². The summed E-state index contributed by atoms with van der Waals surface area (Å²) in [7, 11) is 0. The lowest BCUT2D eigenvalue weighted by Gasteiger charge is -2.33. The smallest absolute Gasteiger partial charge is 0.225 e. The summed E-state index contributed by atoms with van der Waals surface area (Å²) in [5.74, 6) is 1.57. The van der Waals surface area contributed by atoms with Crippen molar-refractivity contribution in [1.82, 2.24) is 14.9 Å². The van der Waals surface area contributed by atoms with Crippen LogP contribution in [-0.2, 0) is 4.79 Å². The standard InChI is InChI=1S/C15H19N5O/c16-8-13-14(18-6-5-17-13)19-9-11-2-1-7-20(10-11)15(21)12-3-4-12/h5-6,11-12H,1-4,7,9-10H2,(H,18,19). The van der Waals surface area contributed by atoms with E-state index in [0.29, 0.717) is 29.3 Å². The lowest BCUT2D eigenvalue weighted by atomic mass is 9.97. The Balaban J connectivity index is 1.55. The molecule has 1 N–H and O–H groups in total. The molecule has 1 atom stereocenters. The molecule has 6 nitrogen and oxygen atoms in total. The van der Waals surface area contributed by atoms with E-state index in [1.165, 1.54) is 6.20 Å². The molecule has 3 rings (SSSR count). The number of likely N-dealkylation sites (tertiary alicyclic amines) is 1. The third kappa shape index (κ3) is 3.30. The highest BCUT2D eigenvalue weighted by atomic mass is 16.2. The Kier molecular flexibility index (Phi) is 4.00. The van der Waals surface area contributed by atoms with Gasteiger partial charge in [-0.25, -0.2) is 9.97 Å². The summed E-state index contributed by atoms with van der Waals surface area (Å²) in [6.07, 6.45) is 7.36. The van der Waals surface area contributed by atoms with Gasteiger partial charge in [0.25, 0.3) is 0 Å². The van der Waals surface area contributed by atoms with Gasteiger partial charge < -0.3 is 10.2 Å². The lowest BCUT2D eigenvalue weighted by molar-refractivity contribution is -0.134. The number of hydrogen-bond donors (Lipinski definition) is 1. The first-order chi connectivity index (χ1) is 10.3. The van der Waals surface area contributed by atoms with Crippen molar-refractivity contribution in [1.29, 1.82) is 5.26 Å². The summed E-state index contributed by atoms with van der Waals surface area (Å²) < 4.78 is 0. The molecule has 0 aromatic carbocycles. The van der Waals surface area contributed by atoms with Gasteiger partial charge in [0.05, 0.1) is 0 Å². The van der Waals surface area contributed by atoms with Gasteiger partial charge in [-0.3, -0.25) is 4.79 Å². The molecule has 2 aliphatic rings. The van der Waals surface area contributed by atoms with Crippen molar-refractivity contribution in [3.63, 3.8) is 0 Å². The highest BCUT2D eigenvalue weighted by Crippen LogP contribution is 2.32. The van der Waals surface area contributed by atoms with E-state index >= 15 is 0 Å². The fourth-order valence-electron chi connectivity index (χ4n) is 2.81. The fourth-order valence-corrected chi connectivity index (χ4v) is 2.81. The number of hydrogen-bond acceptors (Lipinski definition) is 5. The maximum atomic E-state index is 12.1. The van der Waals surface area contributed by atoms with E-state index < -0.39 is 0 Å². The summed E-state index contributed by atoms with van der Waals surface area (Å²) in [5, 5.41) is 12.2. The van der Waals surface area contributed by atoms with Gasteiger partial charge >= 0.3 is 0 Å². The van der Waals surface area contributed by atoms with E-state index in [4.69, 9.17) is 5.26 Å². The molecule has 0 spiro atoms. The molecule has 21 heavy (non-hydrogen) atoms. The van der Waals surface area contributed by atoms with Gasteiger partial charge in [-0.2, -0.15) is 5.26 Å². The number of nitrogens with one attached hydrogen (secondary N) is 1. The van der Waals surface area contributed by atoms with Gasteiger partial charge in [0.15, 0.2) is 11.5 Å². The quantitative estimate of drug-likeness (QED) is 0.904. The first kappa shape index (κ1) is 13.8. The van der Waals surface area contributed by atoms with Gasteiger partial charge in [-0.15, -0.1) is 0 Å². The number of piperidine rings is 1. The largest absolute Gasteiger partial charge is 0.367 e. The van der Waals surface area contributed by atoms with E-state index in [-0.39, 0.29) is 0 Å². The first-order valence-electron chi connectivity index (χ1n) is 7.51. The van der Waals surface area contributed by atoms with Crippen LogP contribution in [0.3, 0.4) is 0 Å². The van der Waals surface area contributed by atoms with Crippen molar-refractivity contribution >= 4 is 11.7 Å². The number of nitrogens with zero attached hydrogens (tertiary/aromatic N) is 4. The van der Waals surface area contributed by atoms with Crippen molar-refractivity contribution in [2.75, 3.05) is 25.0 Å². The van der Waals surface area contributed by atoms with Crippen molar-refractivity contribution in [3.05, 3.63) is 18.1 Å². The monoisotopic (exact) mass is 285 g/mol. The Bertz CT molecular complexity index is 563. The third-order valence-corrected chi connectivity index (χ3v) is 4.12. The predicted octanol–water partition coefficient (Wildman–Crippen LogP) is 1.41. The number of anilines is 1. The molecule has 2 fully saturated rings. The van der Waals surface area contributed by atoms with Crippen LogP contribution in [0.2, 0.25) is 0 Å². The Morgan fingerprint density at radius 1 is 1.38 bits per heavy atom. The predicted molar refractivity (Wildman–Crippen MR) is 77.3 cm³/mol. The van der Waals surface area contributed by atoms with Crippen LogP contribution in [0.5, 0.6) is 0 Å². The number of aromatic nitrogens is 2. The summed E-state index contributed by atoms with van der Waals surface area (Å²) in [5.41, 5.74) is 0.319. The fraction of sp³-hybridized carbons (Fsp3) is 0.600. The average molecular weight is 285 g/mol. The van der Waals surface area contributed by atoms with Crippen molar-refractivity contribution in [2.24, 2.45) is 11.8 Å². The highest BCUT2D eigenvalue weighted by molar-refractivity contribution is 5.81. The molecule has 0 radical (unpaired) electrons. The molecule has 1 aliphatic heterocycles. The summed E-state index contributed by atoms with van der Waals surface area (Å²) in [6.45, 7) is 2.42. The number of amides is 1. The molecule has 2 heterocycles. The summed E-state index contributed by atoms with van der Waals surface area (Å²) in [6, 6.07) is 2.03. The molecule has 1 saturated carbocycles. The topological polar surface area (TPSA) is 81.9 Å². The summed E-state index contributed by atoms with van der Waals surface area (Å²) >= 11 is 0. The van der Waals surface area contributed by atoms with Crippen LogP contribution < -0.4 is 5.32 Å². The Morgan fingerprint density at radius 2 is 2.19 bits per heavy atom. The van der Waals surface area contributed by atoms with Crippen LogP contribution in [0.1, 0.15) is 31.4 Å². The van der Waals surface area contributed by atoms with E-state index in [2.05, 4.69) is 15.3 Å². The molecule has 110 valence electrons. The second kappa shape index (κ2) is 6.08. The summed E-state index contributed by atoms with van der Waals surface area (Å²) in [4.78, 5) is 22.3. The van der Waals surface area contributed by atoms with Gasteiger partial charge in [-0.1, -0.05) is 0 Å². The molecular weight excluding hydrogens is 266 g/mol. The lowest BCUT2D eigenvalue weighted by Crippen LogP contribution is -2.42. The highest BCUT2D eigenvalue weighted by Gasteiger charge is 2.35. The minimum Gasteiger partial charge on any atom is -0.367 e. The van der Waals surface area contributed by atoms with Crippen LogP contribution >= 0.6 is 0 Å². The van der Waals surface area contributed by atoms with Gasteiger partial charge in [0, 0.05) is 37.9 Å². The van der Waals surface area contributed by atoms with Gasteiger partial charge in [-0.05, 0) is 31.6 Å². The maximum Gasteiger partial charge on any atom is 0.225 e. The SMILES string of the molecule is N#Cc1nccnc1NCC1CCCN(C(=O)C2CC2)C1. The van der Waals surface area contributed by atoms with Crippen molar-refractivity contribution in [2.45, 2.75) is 25.7 Å². The molecule has 1 amide bonds. The second-order valence-electron chi connectivity index (χ2n) is 5.81. The Morgan fingerprint density at radius 3 is 2.95 bits per heavy atom. The zero-order valence-electron chi connectivity index (χ0n) is 12.0. The van der Waals surface area contributed by atoms with E-state index in [0.717, 1.165) is 45.3 Å². The molecule has 1 aromatic heterocycles. The molecule has 0 bridgehead atoms. The minimum absolute atomic E-state index is 0.293. The van der Waals surface area contributed by atoms with Gasteiger partial charge in [0.1, 0.15) is 6.07 Å². The van der Waals surface area contributed by atoms with Crippen LogP contribution in [0.25, 0.3) is 0 Å². The number of nitriles is 1. The molecular formula is C15H19N5O. The number of rotatable bonds is 4. The van der Waals surface area contributed by atoms with E-state index in [1.54, 1.807) is 6.20 Å². The van der Waals surface area contributed by atoms with E-state index in [1.807, 2.05) is 11.0 Å². The molecule has 1 aliphatic carbocycles. The average Bonchev–Trinajstić information content (AvgIpc) is 3.37. The molecule has 6 heteroatoms. The third-order valence-electron chi connectivity index (χ3n) is 4.12. The van der Waals surface area contributed by atoms with Gasteiger partial charge in [0.2, 0.25) is 5.91 Å². The number of carbonyl (C=O) groups is 1. The second-order valence-corrected chi connectivity index (χ2v) is 5.81. The van der Waals surface area contributed by atoms with Crippen LogP contribution in [-0.4, -0.2) is 40.4 Å². The molecule has 1 unspecified atom stereocenters. The Hall–Kier alpha value is -2.16. The van der Waals surface area contributed by atoms with Crippen molar-refractivity contribution in [3.8, 4) is 6.07 Å². The normalized spacial score (nSPS) is 21.7. The zero-order chi connectivity index (χ0) is 14.7. The van der Waals surface area contributed by atoms with E-state index in [9.17, 15) is 4.79 Å². The minimum atomic E-state index is 0.293. The van der Waals surface area contributed by atoms with Crippen molar-refractivity contribution < 1.29 is 4.79 Å². The van der Waals surface area contributed by atoms with Crippen LogP contribution in [0, 0.1) is 23.2 Å². The maximum absolute atomic E-state index is 12.1. The number of carbonyl (C=O) groups excluding carboxylic acids is 1. The first-order valence-corrected chi connectivity index (χ1v) is 7.51. The molecule has 1 saturated heterocycles. The zero-order valence-corrected chi connectivity index (χ0v) is 12.0.